The van der Waals surface area contributed by atoms with Crippen LogP contribution < -0.4 is 5.32 Å². The largest absolute Gasteiger partial charge is 0.469 e. The van der Waals surface area contributed by atoms with E-state index in [0.717, 1.165) is 5.76 Å². The summed E-state index contributed by atoms with van der Waals surface area (Å²) < 4.78 is 5.25. The van der Waals surface area contributed by atoms with E-state index in [9.17, 15) is 9.59 Å². The molecule has 5 nitrogen and oxygen atoms in total. The highest BCUT2D eigenvalue weighted by molar-refractivity contribution is 5.94. The van der Waals surface area contributed by atoms with E-state index in [1.807, 2.05) is 19.1 Å². The van der Waals surface area contributed by atoms with Crippen LogP contribution in [-0.2, 0) is 16.0 Å². The monoisotopic (exact) mass is 236 g/mol. The molecule has 2 atom stereocenters. The minimum Gasteiger partial charge on any atom is -0.469 e. The van der Waals surface area contributed by atoms with Gasteiger partial charge in [-0.25, -0.2) is 0 Å². The molecule has 2 rings (SSSR count). The lowest BCUT2D eigenvalue weighted by molar-refractivity contribution is -0.145. The number of rotatable bonds is 3. The van der Waals surface area contributed by atoms with E-state index in [4.69, 9.17) is 4.42 Å². The molecular formula is C12H16N2O3. The molecule has 1 saturated heterocycles. The van der Waals surface area contributed by atoms with Gasteiger partial charge < -0.3 is 14.6 Å². The third-order valence-corrected chi connectivity index (χ3v) is 2.95. The minimum atomic E-state index is -0.435. The third kappa shape index (κ3) is 2.49. The average molecular weight is 236 g/mol. The van der Waals surface area contributed by atoms with E-state index in [-0.39, 0.29) is 24.4 Å². The van der Waals surface area contributed by atoms with Crippen LogP contribution in [0.2, 0.25) is 0 Å². The van der Waals surface area contributed by atoms with Crippen LogP contribution in [0.3, 0.4) is 0 Å². The lowest BCUT2D eigenvalue weighted by Gasteiger charge is -2.35. The molecule has 1 aromatic heterocycles. The smallest absolute Gasteiger partial charge is 0.245 e. The number of piperazine rings is 1. The van der Waals surface area contributed by atoms with Crippen molar-refractivity contribution in [3.63, 3.8) is 0 Å². The molecule has 1 fully saturated rings. The van der Waals surface area contributed by atoms with E-state index in [1.54, 1.807) is 18.1 Å². The maximum atomic E-state index is 11.9. The molecule has 0 aromatic carbocycles. The van der Waals surface area contributed by atoms with Crippen LogP contribution in [-0.4, -0.2) is 35.3 Å². The van der Waals surface area contributed by atoms with Gasteiger partial charge in [0.25, 0.3) is 0 Å². The van der Waals surface area contributed by atoms with Gasteiger partial charge in [-0.15, -0.1) is 0 Å². The van der Waals surface area contributed by atoms with Crippen molar-refractivity contribution in [1.82, 2.24) is 10.2 Å². The Morgan fingerprint density at radius 1 is 1.59 bits per heavy atom. The Labute approximate surface area is 99.8 Å². The summed E-state index contributed by atoms with van der Waals surface area (Å²) in [5.41, 5.74) is 0. The Balaban J connectivity index is 2.04. The quantitative estimate of drug-likeness (QED) is 0.834. The number of nitrogens with one attached hydrogen (secondary N) is 1. The molecular weight excluding hydrogens is 220 g/mol. The number of nitrogens with zero attached hydrogens (tertiary/aromatic N) is 1. The first kappa shape index (κ1) is 11.7. The summed E-state index contributed by atoms with van der Waals surface area (Å²) >= 11 is 0. The molecule has 1 aliphatic heterocycles. The molecule has 0 bridgehead atoms. The third-order valence-electron chi connectivity index (χ3n) is 2.95. The highest BCUT2D eigenvalue weighted by Gasteiger charge is 2.32. The van der Waals surface area contributed by atoms with Crippen LogP contribution in [0.15, 0.2) is 22.8 Å². The predicted molar refractivity (Wildman–Crippen MR) is 61.2 cm³/mol. The molecule has 0 radical (unpaired) electrons. The number of furan rings is 1. The van der Waals surface area contributed by atoms with Crippen LogP contribution in [0, 0.1) is 0 Å². The first-order valence-electron chi connectivity index (χ1n) is 5.70. The Morgan fingerprint density at radius 3 is 3.00 bits per heavy atom. The number of carbonyl (C=O) groups is 2. The lowest BCUT2D eigenvalue weighted by atomic mass is 10.1. The Kier molecular flexibility index (Phi) is 3.17. The van der Waals surface area contributed by atoms with Crippen LogP contribution in [0.5, 0.6) is 0 Å². The van der Waals surface area contributed by atoms with Gasteiger partial charge in [0, 0.05) is 12.5 Å². The Morgan fingerprint density at radius 2 is 2.35 bits per heavy atom. The van der Waals surface area contributed by atoms with Gasteiger partial charge in [0.1, 0.15) is 11.8 Å². The van der Waals surface area contributed by atoms with Crippen molar-refractivity contribution in [2.24, 2.45) is 0 Å². The molecule has 92 valence electrons. The number of carbonyl (C=O) groups excluding carboxylic acids is 2. The van der Waals surface area contributed by atoms with Gasteiger partial charge >= 0.3 is 0 Å². The summed E-state index contributed by atoms with van der Waals surface area (Å²) in [6, 6.07) is 3.21. The molecule has 5 heteroatoms. The molecule has 0 aliphatic carbocycles. The molecule has 2 heterocycles. The first-order valence-corrected chi connectivity index (χ1v) is 5.70. The van der Waals surface area contributed by atoms with E-state index in [1.165, 1.54) is 0 Å². The zero-order valence-corrected chi connectivity index (χ0v) is 9.97. The van der Waals surface area contributed by atoms with Crippen molar-refractivity contribution in [3.8, 4) is 0 Å². The molecule has 2 amide bonds. The zero-order valence-electron chi connectivity index (χ0n) is 9.97. The van der Waals surface area contributed by atoms with Gasteiger partial charge in [0.2, 0.25) is 11.8 Å². The second-order valence-electron chi connectivity index (χ2n) is 4.39. The summed E-state index contributed by atoms with van der Waals surface area (Å²) in [4.78, 5) is 24.9. The summed E-state index contributed by atoms with van der Waals surface area (Å²) in [5, 5.41) is 2.62. The topological polar surface area (TPSA) is 62.6 Å². The molecule has 1 N–H and O–H groups in total. The fraction of sp³-hybridized carbons (Fsp3) is 0.500. The number of hydrogen-bond acceptors (Lipinski definition) is 3. The average Bonchev–Trinajstić information content (AvgIpc) is 2.76. The minimum absolute atomic E-state index is 0.0383. The van der Waals surface area contributed by atoms with Crippen molar-refractivity contribution < 1.29 is 14.0 Å². The summed E-state index contributed by atoms with van der Waals surface area (Å²) in [6.07, 6.45) is 2.23. The Hall–Kier alpha value is -1.78. The van der Waals surface area contributed by atoms with Crippen molar-refractivity contribution in [3.05, 3.63) is 24.2 Å². The lowest BCUT2D eigenvalue weighted by Crippen LogP contribution is -2.59. The molecule has 2 unspecified atom stereocenters. The van der Waals surface area contributed by atoms with E-state index in [2.05, 4.69) is 5.32 Å². The van der Waals surface area contributed by atoms with Crippen molar-refractivity contribution in [2.75, 3.05) is 6.54 Å². The number of amides is 2. The van der Waals surface area contributed by atoms with Gasteiger partial charge in [-0.1, -0.05) is 0 Å². The van der Waals surface area contributed by atoms with E-state index < -0.39 is 6.04 Å². The maximum absolute atomic E-state index is 11.9. The Bertz CT molecular complexity index is 413. The van der Waals surface area contributed by atoms with Crippen molar-refractivity contribution in [1.29, 1.82) is 0 Å². The van der Waals surface area contributed by atoms with E-state index in [0.29, 0.717) is 6.42 Å². The second-order valence-corrected chi connectivity index (χ2v) is 4.39. The molecule has 0 spiro atoms. The van der Waals surface area contributed by atoms with Gasteiger partial charge in [0.05, 0.1) is 12.8 Å². The normalized spacial score (nSPS) is 22.5. The standard InChI is InChI=1S/C12H16N2O3/c1-8(6-10-4-3-5-17-10)14-7-11(15)13-9(2)12(14)16/h3-5,8-9H,6-7H2,1-2H3,(H,13,15). The van der Waals surface area contributed by atoms with Crippen molar-refractivity contribution in [2.45, 2.75) is 32.4 Å². The van der Waals surface area contributed by atoms with Crippen LogP contribution in [0.25, 0.3) is 0 Å². The molecule has 1 aromatic rings. The van der Waals surface area contributed by atoms with Gasteiger partial charge in [-0.05, 0) is 26.0 Å². The second kappa shape index (κ2) is 4.61. The summed E-state index contributed by atoms with van der Waals surface area (Å²) in [5.74, 6) is 0.677. The fourth-order valence-corrected chi connectivity index (χ4v) is 2.03. The van der Waals surface area contributed by atoms with Crippen LogP contribution in [0.4, 0.5) is 0 Å². The number of hydrogen-bond donors (Lipinski definition) is 1. The zero-order chi connectivity index (χ0) is 12.4. The highest BCUT2D eigenvalue weighted by Crippen LogP contribution is 2.12. The maximum Gasteiger partial charge on any atom is 0.245 e. The van der Waals surface area contributed by atoms with Gasteiger partial charge in [0.15, 0.2) is 0 Å². The van der Waals surface area contributed by atoms with Gasteiger partial charge in [-0.3, -0.25) is 9.59 Å². The van der Waals surface area contributed by atoms with Gasteiger partial charge in [-0.2, -0.15) is 0 Å². The van der Waals surface area contributed by atoms with Crippen molar-refractivity contribution >= 4 is 11.8 Å². The van der Waals surface area contributed by atoms with E-state index >= 15 is 0 Å². The van der Waals surface area contributed by atoms with Crippen LogP contribution >= 0.6 is 0 Å². The molecule has 1 aliphatic rings. The molecule has 17 heavy (non-hydrogen) atoms. The van der Waals surface area contributed by atoms with Crippen LogP contribution in [0.1, 0.15) is 19.6 Å². The first-order chi connectivity index (χ1) is 8.08. The predicted octanol–water partition coefficient (Wildman–Crippen LogP) is 0.557. The highest BCUT2D eigenvalue weighted by atomic mass is 16.3. The summed E-state index contributed by atoms with van der Waals surface area (Å²) in [6.45, 7) is 3.75. The molecule has 0 saturated carbocycles. The fourth-order valence-electron chi connectivity index (χ4n) is 2.03. The summed E-state index contributed by atoms with van der Waals surface area (Å²) in [7, 11) is 0. The SMILES string of the molecule is CC1NC(=O)CN(C(C)Cc2ccco2)C1=O.